The van der Waals surface area contributed by atoms with Crippen LogP contribution in [-0.4, -0.2) is 15.9 Å². The number of amides is 1. The molecule has 6 nitrogen and oxygen atoms in total. The number of H-pyrrole nitrogens is 1. The van der Waals surface area contributed by atoms with Crippen LogP contribution in [0.2, 0.25) is 5.02 Å². The average molecular weight is 427 g/mol. The lowest BCUT2D eigenvalue weighted by Crippen LogP contribution is -2.21. The molecule has 1 aliphatic rings. The summed E-state index contributed by atoms with van der Waals surface area (Å²) >= 11 is 6.03. The van der Waals surface area contributed by atoms with Gasteiger partial charge in [-0.1, -0.05) is 25.4 Å². The Labute approximate surface area is 177 Å². The lowest BCUT2D eigenvalue weighted by atomic mass is 10.0. The summed E-state index contributed by atoms with van der Waals surface area (Å²) in [4.78, 5) is 31.5. The maximum Gasteiger partial charge on any atom is 0.256 e. The molecule has 3 N–H and O–H groups in total. The van der Waals surface area contributed by atoms with E-state index in [0.29, 0.717) is 35.1 Å². The van der Waals surface area contributed by atoms with Gasteiger partial charge in [-0.25, -0.2) is 9.37 Å². The van der Waals surface area contributed by atoms with Crippen LogP contribution in [0.25, 0.3) is 11.1 Å². The zero-order valence-electron chi connectivity index (χ0n) is 16.5. The maximum atomic E-state index is 14.4. The quantitative estimate of drug-likeness (QED) is 0.549. The predicted molar refractivity (Wildman–Crippen MR) is 116 cm³/mol. The molecule has 2 aromatic heterocycles. The number of anilines is 3. The highest BCUT2D eigenvalue weighted by Crippen LogP contribution is 2.34. The normalized spacial score (nSPS) is 13.2. The van der Waals surface area contributed by atoms with Gasteiger partial charge < -0.3 is 15.6 Å². The largest absolute Gasteiger partial charge is 0.354 e. The summed E-state index contributed by atoms with van der Waals surface area (Å²) in [6.45, 7) is 3.91. The molecule has 3 aromatic rings. The third kappa shape index (κ3) is 3.80. The first-order valence-electron chi connectivity index (χ1n) is 9.61. The number of hydrogen-bond donors (Lipinski definition) is 3. The molecule has 0 saturated carbocycles. The molecule has 8 heteroatoms. The lowest BCUT2D eigenvalue weighted by Gasteiger charge is -2.21. The van der Waals surface area contributed by atoms with Gasteiger partial charge in [0.25, 0.3) is 5.56 Å². The molecule has 30 heavy (non-hydrogen) atoms. The van der Waals surface area contributed by atoms with Crippen molar-refractivity contribution < 1.29 is 9.18 Å². The van der Waals surface area contributed by atoms with E-state index in [1.807, 2.05) is 19.9 Å². The first kappa shape index (κ1) is 20.1. The van der Waals surface area contributed by atoms with E-state index in [0.717, 1.165) is 11.3 Å². The second-order valence-corrected chi connectivity index (χ2v) is 7.91. The van der Waals surface area contributed by atoms with Crippen LogP contribution in [0.1, 0.15) is 37.4 Å². The number of fused-ring (bicyclic) bond motifs is 1. The number of carbonyl (C=O) groups is 1. The molecular weight excluding hydrogens is 407 g/mol. The average Bonchev–Trinajstić information content (AvgIpc) is 2.70. The Hall–Kier alpha value is -3.19. The molecule has 1 aliphatic heterocycles. The highest BCUT2D eigenvalue weighted by Gasteiger charge is 2.21. The van der Waals surface area contributed by atoms with Gasteiger partial charge in [0.1, 0.15) is 11.6 Å². The van der Waals surface area contributed by atoms with Gasteiger partial charge in [-0.15, -0.1) is 0 Å². The molecular formula is C22H20ClFN4O2. The topological polar surface area (TPSA) is 86.9 Å². The van der Waals surface area contributed by atoms with E-state index in [9.17, 15) is 14.0 Å². The molecule has 4 rings (SSSR count). The van der Waals surface area contributed by atoms with Gasteiger partial charge in [0.15, 0.2) is 0 Å². The number of hydrogen-bond acceptors (Lipinski definition) is 4. The first-order valence-corrected chi connectivity index (χ1v) is 9.98. The van der Waals surface area contributed by atoms with E-state index in [1.165, 1.54) is 18.2 Å². The minimum Gasteiger partial charge on any atom is -0.354 e. The second kappa shape index (κ2) is 7.91. The van der Waals surface area contributed by atoms with Gasteiger partial charge >= 0.3 is 0 Å². The van der Waals surface area contributed by atoms with Gasteiger partial charge in [0, 0.05) is 40.1 Å². The van der Waals surface area contributed by atoms with Crippen LogP contribution in [0, 0.1) is 5.82 Å². The van der Waals surface area contributed by atoms with Gasteiger partial charge in [-0.3, -0.25) is 9.59 Å². The van der Waals surface area contributed by atoms with Crippen molar-refractivity contribution in [3.8, 4) is 11.1 Å². The van der Waals surface area contributed by atoms with Crippen LogP contribution < -0.4 is 16.2 Å². The lowest BCUT2D eigenvalue weighted by molar-refractivity contribution is -0.116. The van der Waals surface area contributed by atoms with Gasteiger partial charge in [-0.2, -0.15) is 0 Å². The fraction of sp³-hybridized carbons (Fsp3) is 0.227. The second-order valence-electron chi connectivity index (χ2n) is 7.48. The van der Waals surface area contributed by atoms with E-state index >= 15 is 0 Å². The standard InChI is InChI=1S/C22H20ClFN4O2/c1-11(2)20-18(26-17-7-8-25-21-13(17)4-6-19(29)27-21)10-15(22(30)28-20)14-9-12(23)3-5-16(14)24/h3,5,7-11H,4,6H2,1-2H3,(H,28,30)(H2,25,26,27,29). The molecule has 0 fully saturated rings. The zero-order valence-corrected chi connectivity index (χ0v) is 17.2. The smallest absolute Gasteiger partial charge is 0.256 e. The van der Waals surface area contributed by atoms with Gasteiger partial charge in [0.05, 0.1) is 11.3 Å². The van der Waals surface area contributed by atoms with Crippen molar-refractivity contribution in [2.45, 2.75) is 32.6 Å². The maximum absolute atomic E-state index is 14.4. The molecule has 154 valence electrons. The predicted octanol–water partition coefficient (Wildman–Crippen LogP) is 4.98. The number of aromatic amines is 1. The minimum absolute atomic E-state index is 0.0100. The Morgan fingerprint density at radius 3 is 2.67 bits per heavy atom. The molecule has 0 saturated heterocycles. The summed E-state index contributed by atoms with van der Waals surface area (Å²) < 4.78 is 14.4. The van der Waals surface area contributed by atoms with Gasteiger partial charge in [0.2, 0.25) is 5.91 Å². The summed E-state index contributed by atoms with van der Waals surface area (Å²) in [7, 11) is 0. The molecule has 0 spiro atoms. The molecule has 0 atom stereocenters. The van der Waals surface area contributed by atoms with Crippen LogP contribution >= 0.6 is 11.6 Å². The van der Waals surface area contributed by atoms with Crippen molar-refractivity contribution in [3.63, 3.8) is 0 Å². The SMILES string of the molecule is CC(C)c1[nH]c(=O)c(-c2cc(Cl)ccc2F)cc1Nc1ccnc2c1CCC(=O)N2. The number of aromatic nitrogens is 2. The first-order chi connectivity index (χ1) is 14.3. The minimum atomic E-state index is -0.530. The summed E-state index contributed by atoms with van der Waals surface area (Å²) in [6.07, 6.45) is 2.52. The number of nitrogens with zero attached hydrogens (tertiary/aromatic N) is 1. The number of benzene rings is 1. The van der Waals surface area contributed by atoms with Crippen molar-refractivity contribution in [1.29, 1.82) is 0 Å². The van der Waals surface area contributed by atoms with Gasteiger partial charge in [-0.05, 0) is 42.7 Å². The molecule has 1 amide bonds. The van der Waals surface area contributed by atoms with Crippen LogP contribution in [0.15, 0.2) is 41.3 Å². The fourth-order valence-electron chi connectivity index (χ4n) is 3.56. The summed E-state index contributed by atoms with van der Waals surface area (Å²) in [5.41, 5.74) is 2.90. The summed E-state index contributed by atoms with van der Waals surface area (Å²) in [6, 6.07) is 7.56. The van der Waals surface area contributed by atoms with Crippen molar-refractivity contribution in [1.82, 2.24) is 9.97 Å². The number of halogens is 2. The zero-order chi connectivity index (χ0) is 21.4. The molecule has 1 aromatic carbocycles. The number of nitrogens with one attached hydrogen (secondary N) is 3. The highest BCUT2D eigenvalue weighted by atomic mass is 35.5. The van der Waals surface area contributed by atoms with Crippen LogP contribution in [0.4, 0.5) is 21.6 Å². The third-order valence-corrected chi connectivity index (χ3v) is 5.29. The van der Waals surface area contributed by atoms with Crippen LogP contribution in [0.5, 0.6) is 0 Å². The number of pyridine rings is 2. The number of rotatable bonds is 4. The monoisotopic (exact) mass is 426 g/mol. The number of carbonyl (C=O) groups excluding carboxylic acids is 1. The van der Waals surface area contributed by atoms with E-state index < -0.39 is 11.4 Å². The molecule has 3 heterocycles. The molecule has 0 aliphatic carbocycles. The Morgan fingerprint density at radius 1 is 1.10 bits per heavy atom. The molecule has 0 bridgehead atoms. The van der Waals surface area contributed by atoms with E-state index in [2.05, 4.69) is 20.6 Å². The Bertz CT molecular complexity index is 1210. The molecule has 0 unspecified atom stereocenters. The van der Waals surface area contributed by atoms with Crippen molar-refractivity contribution in [3.05, 3.63) is 69.0 Å². The van der Waals surface area contributed by atoms with Crippen molar-refractivity contribution in [2.75, 3.05) is 10.6 Å². The highest BCUT2D eigenvalue weighted by molar-refractivity contribution is 6.30. The molecule has 0 radical (unpaired) electrons. The van der Waals surface area contributed by atoms with E-state index in [4.69, 9.17) is 11.6 Å². The fourth-order valence-corrected chi connectivity index (χ4v) is 3.73. The Balaban J connectivity index is 1.84. The Kier molecular flexibility index (Phi) is 5.30. The summed E-state index contributed by atoms with van der Waals surface area (Å²) in [5, 5.41) is 6.46. The Morgan fingerprint density at radius 2 is 1.90 bits per heavy atom. The van der Waals surface area contributed by atoms with Crippen LogP contribution in [0.3, 0.4) is 0 Å². The summed E-state index contributed by atoms with van der Waals surface area (Å²) in [5.74, 6) is -0.0707. The van der Waals surface area contributed by atoms with E-state index in [1.54, 1.807) is 12.3 Å². The van der Waals surface area contributed by atoms with Crippen molar-refractivity contribution >= 4 is 34.7 Å². The third-order valence-electron chi connectivity index (χ3n) is 5.05. The van der Waals surface area contributed by atoms with E-state index in [-0.39, 0.29) is 23.0 Å². The van der Waals surface area contributed by atoms with Crippen molar-refractivity contribution in [2.24, 2.45) is 0 Å². The van der Waals surface area contributed by atoms with Crippen LogP contribution in [-0.2, 0) is 11.2 Å².